The predicted molar refractivity (Wildman–Crippen MR) is 60.0 cm³/mol. The molecule has 0 aromatic carbocycles. The average molecular weight is 236 g/mol. The Labute approximate surface area is 94.8 Å². The number of hydrogen-bond donors (Lipinski definition) is 1. The molecule has 0 atom stereocenters. The minimum Gasteiger partial charge on any atom is -0.475 e. The molecule has 0 aliphatic carbocycles. The Hall–Kier alpha value is -1.88. The summed E-state index contributed by atoms with van der Waals surface area (Å²) < 4.78 is 5.13. The minimum atomic E-state index is -1.24. The number of thiophene rings is 1. The molecule has 0 aliphatic heterocycles. The first-order valence-corrected chi connectivity index (χ1v) is 5.38. The molecule has 4 nitrogen and oxygen atoms in total. The van der Waals surface area contributed by atoms with Gasteiger partial charge in [0.05, 0.1) is 4.88 Å². The molecule has 0 radical (unpaired) electrons. The normalized spacial score (nSPS) is 10.3. The zero-order valence-corrected chi connectivity index (χ0v) is 9.21. The van der Waals surface area contributed by atoms with E-state index in [0.717, 1.165) is 16.5 Å². The van der Waals surface area contributed by atoms with Crippen LogP contribution < -0.4 is 5.43 Å². The van der Waals surface area contributed by atoms with Gasteiger partial charge in [0.15, 0.2) is 5.43 Å². The Balaban J connectivity index is 2.57. The van der Waals surface area contributed by atoms with Gasteiger partial charge < -0.3 is 9.52 Å². The van der Waals surface area contributed by atoms with E-state index in [2.05, 4.69) is 0 Å². The summed E-state index contributed by atoms with van der Waals surface area (Å²) in [5, 5.41) is 10.7. The summed E-state index contributed by atoms with van der Waals surface area (Å²) in [6, 6.07) is 4.10. The van der Waals surface area contributed by atoms with Crippen molar-refractivity contribution in [3.63, 3.8) is 0 Å². The van der Waals surface area contributed by atoms with Crippen molar-refractivity contribution in [2.45, 2.75) is 6.92 Å². The molecule has 2 heterocycles. The van der Waals surface area contributed by atoms with Crippen LogP contribution in [0.1, 0.15) is 16.1 Å². The van der Waals surface area contributed by atoms with Gasteiger partial charge in [-0.25, -0.2) is 4.79 Å². The summed E-state index contributed by atoms with van der Waals surface area (Å²) in [4.78, 5) is 22.7. The molecular weight excluding hydrogens is 228 g/mol. The molecule has 5 heteroatoms. The van der Waals surface area contributed by atoms with Crippen LogP contribution in [0.5, 0.6) is 0 Å². The van der Waals surface area contributed by atoms with Crippen molar-refractivity contribution in [1.82, 2.24) is 0 Å². The van der Waals surface area contributed by atoms with Gasteiger partial charge in [0.1, 0.15) is 5.76 Å². The van der Waals surface area contributed by atoms with Crippen LogP contribution in [0, 0.1) is 6.92 Å². The summed E-state index contributed by atoms with van der Waals surface area (Å²) in [6.07, 6.45) is 0. The van der Waals surface area contributed by atoms with E-state index in [1.165, 1.54) is 17.4 Å². The van der Waals surface area contributed by atoms with E-state index in [1.54, 1.807) is 0 Å². The highest BCUT2D eigenvalue weighted by Crippen LogP contribution is 2.26. The van der Waals surface area contributed by atoms with Gasteiger partial charge in [0, 0.05) is 12.1 Å². The second-order valence-electron chi connectivity index (χ2n) is 3.32. The van der Waals surface area contributed by atoms with Crippen LogP contribution in [0.2, 0.25) is 0 Å². The molecule has 0 bridgehead atoms. The Morgan fingerprint density at radius 3 is 2.69 bits per heavy atom. The maximum atomic E-state index is 11.3. The van der Waals surface area contributed by atoms with Crippen LogP contribution in [0.3, 0.4) is 0 Å². The molecular formula is C11H8O4S. The fourth-order valence-corrected chi connectivity index (χ4v) is 2.12. The molecule has 2 aromatic rings. The third-order valence-electron chi connectivity index (χ3n) is 1.95. The van der Waals surface area contributed by atoms with Crippen LogP contribution in [-0.4, -0.2) is 11.1 Å². The molecule has 0 aliphatic rings. The first kappa shape index (κ1) is 10.6. The first-order valence-electron chi connectivity index (χ1n) is 4.50. The molecule has 2 rings (SSSR count). The lowest BCUT2D eigenvalue weighted by atomic mass is 10.2. The Morgan fingerprint density at radius 1 is 1.38 bits per heavy atom. The molecule has 16 heavy (non-hydrogen) atoms. The number of hydrogen-bond acceptors (Lipinski definition) is 4. The van der Waals surface area contributed by atoms with Crippen molar-refractivity contribution in [1.29, 1.82) is 0 Å². The molecule has 0 amide bonds. The number of carbonyl (C=O) groups is 1. The van der Waals surface area contributed by atoms with Gasteiger partial charge in [-0.2, -0.15) is 0 Å². The summed E-state index contributed by atoms with van der Waals surface area (Å²) in [5.74, 6) is -1.29. The van der Waals surface area contributed by atoms with E-state index in [1.807, 2.05) is 18.4 Å². The topological polar surface area (TPSA) is 67.5 Å². The highest BCUT2D eigenvalue weighted by Gasteiger charge is 2.11. The van der Waals surface area contributed by atoms with Gasteiger partial charge in [-0.3, -0.25) is 4.79 Å². The number of aryl methyl sites for hydroxylation is 1. The van der Waals surface area contributed by atoms with Gasteiger partial charge in [0.2, 0.25) is 5.76 Å². The second-order valence-corrected chi connectivity index (χ2v) is 4.23. The number of rotatable bonds is 2. The zero-order chi connectivity index (χ0) is 11.7. The van der Waals surface area contributed by atoms with Gasteiger partial charge >= 0.3 is 5.97 Å². The fourth-order valence-electron chi connectivity index (χ4n) is 1.26. The lowest BCUT2D eigenvalue weighted by Crippen LogP contribution is -2.05. The van der Waals surface area contributed by atoms with Crippen LogP contribution in [-0.2, 0) is 0 Å². The molecule has 0 saturated heterocycles. The van der Waals surface area contributed by atoms with Gasteiger partial charge in [0.25, 0.3) is 0 Å². The molecule has 2 aromatic heterocycles. The van der Waals surface area contributed by atoms with E-state index in [9.17, 15) is 9.59 Å². The Kier molecular flexibility index (Phi) is 2.62. The van der Waals surface area contributed by atoms with Crippen molar-refractivity contribution in [3.8, 4) is 10.6 Å². The lowest BCUT2D eigenvalue weighted by Gasteiger charge is -1.98. The summed E-state index contributed by atoms with van der Waals surface area (Å²) >= 11 is 1.41. The predicted octanol–water partition coefficient (Wildman–Crippen LogP) is 2.37. The maximum Gasteiger partial charge on any atom is 0.371 e. The van der Waals surface area contributed by atoms with Gasteiger partial charge in [-0.05, 0) is 23.9 Å². The monoisotopic (exact) mass is 236 g/mol. The quantitative estimate of drug-likeness (QED) is 0.869. The third kappa shape index (κ3) is 2.04. The number of carboxylic acids is 1. The third-order valence-corrected chi connectivity index (χ3v) is 3.01. The largest absolute Gasteiger partial charge is 0.475 e. The molecule has 0 saturated carbocycles. The van der Waals surface area contributed by atoms with E-state index >= 15 is 0 Å². The molecule has 0 fully saturated rings. The molecule has 0 unspecified atom stereocenters. The smallest absolute Gasteiger partial charge is 0.371 e. The van der Waals surface area contributed by atoms with Crippen molar-refractivity contribution >= 4 is 17.3 Å². The van der Waals surface area contributed by atoms with Crippen LogP contribution >= 0.6 is 11.3 Å². The van der Waals surface area contributed by atoms with E-state index < -0.39 is 5.97 Å². The van der Waals surface area contributed by atoms with Crippen LogP contribution in [0.15, 0.2) is 32.8 Å². The minimum absolute atomic E-state index is 0.294. The fraction of sp³-hybridized carbons (Fsp3) is 0.0909. The van der Waals surface area contributed by atoms with E-state index in [0.29, 0.717) is 5.76 Å². The summed E-state index contributed by atoms with van der Waals surface area (Å²) in [6.45, 7) is 1.92. The van der Waals surface area contributed by atoms with Crippen LogP contribution in [0.25, 0.3) is 10.6 Å². The van der Waals surface area contributed by atoms with Crippen molar-refractivity contribution in [2.24, 2.45) is 0 Å². The van der Waals surface area contributed by atoms with E-state index in [4.69, 9.17) is 9.52 Å². The first-order chi connectivity index (χ1) is 7.56. The lowest BCUT2D eigenvalue weighted by molar-refractivity contribution is 0.0661. The van der Waals surface area contributed by atoms with Crippen molar-refractivity contribution in [3.05, 3.63) is 45.1 Å². The average Bonchev–Trinajstić information content (AvgIpc) is 2.64. The zero-order valence-electron chi connectivity index (χ0n) is 8.39. The molecule has 0 spiro atoms. The highest BCUT2D eigenvalue weighted by atomic mass is 32.1. The van der Waals surface area contributed by atoms with Crippen molar-refractivity contribution < 1.29 is 14.3 Å². The number of aromatic carboxylic acids is 1. The Bertz CT molecular complexity index is 594. The van der Waals surface area contributed by atoms with Crippen molar-refractivity contribution in [2.75, 3.05) is 0 Å². The maximum absolute atomic E-state index is 11.3. The summed E-state index contributed by atoms with van der Waals surface area (Å²) in [7, 11) is 0. The molecule has 82 valence electrons. The standard InChI is InChI=1S/C11H8O4S/c1-6-2-10(16-5-6)8-3-7(12)4-9(15-8)11(13)14/h2-5H,1H3,(H,13,14). The van der Waals surface area contributed by atoms with E-state index in [-0.39, 0.29) is 11.2 Å². The van der Waals surface area contributed by atoms with Gasteiger partial charge in [-0.15, -0.1) is 11.3 Å². The Morgan fingerprint density at radius 2 is 2.12 bits per heavy atom. The summed E-state index contributed by atoms with van der Waals surface area (Å²) in [5.41, 5.74) is 0.674. The molecule has 1 N–H and O–H groups in total. The number of carboxylic acid groups (broad SMARTS) is 1. The second kappa shape index (κ2) is 3.94. The highest BCUT2D eigenvalue weighted by molar-refractivity contribution is 7.13. The van der Waals surface area contributed by atoms with Crippen LogP contribution in [0.4, 0.5) is 0 Å². The SMILES string of the molecule is Cc1csc(-c2cc(=O)cc(C(=O)O)o2)c1. The van der Waals surface area contributed by atoms with Gasteiger partial charge in [-0.1, -0.05) is 0 Å².